The zero-order valence-electron chi connectivity index (χ0n) is 13.5. The molecule has 0 aliphatic carbocycles. The number of rotatable bonds is 8. The summed E-state index contributed by atoms with van der Waals surface area (Å²) in [7, 11) is 1.61. The van der Waals surface area contributed by atoms with Crippen molar-refractivity contribution in [2.75, 3.05) is 7.11 Å². The van der Waals surface area contributed by atoms with Gasteiger partial charge in [0.2, 0.25) is 0 Å². The van der Waals surface area contributed by atoms with Gasteiger partial charge in [0, 0.05) is 12.8 Å². The van der Waals surface area contributed by atoms with Crippen LogP contribution in [-0.4, -0.2) is 24.2 Å². The van der Waals surface area contributed by atoms with Crippen LogP contribution >= 0.6 is 0 Å². The molecule has 2 rings (SSSR count). The van der Waals surface area contributed by atoms with Gasteiger partial charge in [-0.1, -0.05) is 24.3 Å². The van der Waals surface area contributed by atoms with E-state index in [1.54, 1.807) is 31.4 Å². The maximum Gasteiger partial charge on any atom is 0.311 e. The first-order valence-electron chi connectivity index (χ1n) is 7.71. The molecule has 0 radical (unpaired) electrons. The van der Waals surface area contributed by atoms with Gasteiger partial charge in [0.05, 0.1) is 7.11 Å². The van der Waals surface area contributed by atoms with E-state index in [1.807, 2.05) is 24.3 Å². The SMILES string of the molecule is COc1ccc(CCC(=O)Oc2ccc(CCC(=O)O)cc2)cc1. The summed E-state index contributed by atoms with van der Waals surface area (Å²) < 4.78 is 10.4. The Morgan fingerprint density at radius 2 is 1.33 bits per heavy atom. The summed E-state index contributed by atoms with van der Waals surface area (Å²) in [5.41, 5.74) is 1.94. The van der Waals surface area contributed by atoms with Crippen LogP contribution in [0.25, 0.3) is 0 Å². The Labute approximate surface area is 140 Å². The van der Waals surface area contributed by atoms with Crippen LogP contribution in [0.1, 0.15) is 24.0 Å². The number of esters is 1. The molecule has 5 nitrogen and oxygen atoms in total. The maximum absolute atomic E-state index is 11.9. The number of benzene rings is 2. The average Bonchev–Trinajstić information content (AvgIpc) is 2.60. The zero-order chi connectivity index (χ0) is 17.4. The van der Waals surface area contributed by atoms with E-state index in [4.69, 9.17) is 14.6 Å². The van der Waals surface area contributed by atoms with Crippen LogP contribution < -0.4 is 9.47 Å². The number of carbonyl (C=O) groups excluding carboxylic acids is 1. The lowest BCUT2D eigenvalue weighted by atomic mass is 10.1. The van der Waals surface area contributed by atoms with Crippen molar-refractivity contribution in [1.29, 1.82) is 0 Å². The summed E-state index contributed by atoms with van der Waals surface area (Å²) in [6.07, 6.45) is 1.43. The Morgan fingerprint density at radius 3 is 1.83 bits per heavy atom. The fraction of sp³-hybridized carbons (Fsp3) is 0.263. The second-order valence-electron chi connectivity index (χ2n) is 5.36. The minimum atomic E-state index is -0.830. The Hall–Kier alpha value is -2.82. The number of methoxy groups -OCH3 is 1. The molecule has 0 aromatic heterocycles. The first kappa shape index (κ1) is 17.5. The minimum Gasteiger partial charge on any atom is -0.497 e. The number of aryl methyl sites for hydroxylation is 2. The summed E-state index contributed by atoms with van der Waals surface area (Å²) in [6, 6.07) is 14.5. The third-order valence-corrected chi connectivity index (χ3v) is 3.56. The van der Waals surface area contributed by atoms with Crippen LogP contribution in [0.4, 0.5) is 0 Å². The van der Waals surface area contributed by atoms with E-state index >= 15 is 0 Å². The molecule has 0 spiro atoms. The summed E-state index contributed by atoms with van der Waals surface area (Å²) in [5.74, 6) is 0.117. The van der Waals surface area contributed by atoms with Gasteiger partial charge in [0.15, 0.2) is 0 Å². The molecule has 126 valence electrons. The second-order valence-corrected chi connectivity index (χ2v) is 5.36. The van der Waals surface area contributed by atoms with Crippen molar-refractivity contribution in [3.8, 4) is 11.5 Å². The van der Waals surface area contributed by atoms with Crippen LogP contribution in [0.2, 0.25) is 0 Å². The molecule has 0 heterocycles. The Kier molecular flexibility index (Phi) is 6.37. The molecule has 0 unspecified atom stereocenters. The molecule has 2 aromatic rings. The fourth-order valence-corrected chi connectivity index (χ4v) is 2.20. The van der Waals surface area contributed by atoms with E-state index in [0.717, 1.165) is 16.9 Å². The topological polar surface area (TPSA) is 72.8 Å². The molecule has 0 aliphatic heterocycles. The van der Waals surface area contributed by atoms with Crippen molar-refractivity contribution < 1.29 is 24.2 Å². The first-order valence-corrected chi connectivity index (χ1v) is 7.71. The minimum absolute atomic E-state index is 0.0843. The average molecular weight is 328 g/mol. The number of aliphatic carboxylic acids is 1. The lowest BCUT2D eigenvalue weighted by Gasteiger charge is -2.06. The maximum atomic E-state index is 11.9. The molecular formula is C19H20O5. The van der Waals surface area contributed by atoms with Crippen LogP contribution in [0.5, 0.6) is 11.5 Å². The van der Waals surface area contributed by atoms with E-state index in [0.29, 0.717) is 18.6 Å². The molecule has 0 amide bonds. The van der Waals surface area contributed by atoms with Crippen molar-refractivity contribution in [3.05, 3.63) is 59.7 Å². The standard InChI is InChI=1S/C19H20O5/c1-23-16-8-2-15(3-9-16)7-13-19(22)24-17-10-4-14(5-11-17)6-12-18(20)21/h2-5,8-11H,6-7,12-13H2,1H3,(H,20,21). The van der Waals surface area contributed by atoms with Crippen molar-refractivity contribution in [3.63, 3.8) is 0 Å². The molecular weight excluding hydrogens is 308 g/mol. The molecule has 0 saturated carbocycles. The monoisotopic (exact) mass is 328 g/mol. The predicted molar refractivity (Wildman–Crippen MR) is 89.3 cm³/mol. The number of hydrogen-bond donors (Lipinski definition) is 1. The van der Waals surface area contributed by atoms with E-state index in [2.05, 4.69) is 0 Å². The van der Waals surface area contributed by atoms with E-state index in [-0.39, 0.29) is 18.8 Å². The molecule has 0 atom stereocenters. The predicted octanol–water partition coefficient (Wildman–Crippen LogP) is 3.25. The van der Waals surface area contributed by atoms with Crippen LogP contribution in [0.15, 0.2) is 48.5 Å². The van der Waals surface area contributed by atoms with Crippen molar-refractivity contribution >= 4 is 11.9 Å². The number of hydrogen-bond acceptors (Lipinski definition) is 4. The summed E-state index contributed by atoms with van der Waals surface area (Å²) >= 11 is 0. The van der Waals surface area contributed by atoms with Gasteiger partial charge in [-0.2, -0.15) is 0 Å². The lowest BCUT2D eigenvalue weighted by molar-refractivity contribution is -0.137. The highest BCUT2D eigenvalue weighted by Crippen LogP contribution is 2.16. The first-order chi connectivity index (χ1) is 11.6. The van der Waals surface area contributed by atoms with Gasteiger partial charge in [0.1, 0.15) is 11.5 Å². The molecule has 1 N–H and O–H groups in total. The van der Waals surface area contributed by atoms with Crippen molar-refractivity contribution in [2.24, 2.45) is 0 Å². The van der Waals surface area contributed by atoms with Crippen molar-refractivity contribution in [2.45, 2.75) is 25.7 Å². The van der Waals surface area contributed by atoms with Gasteiger partial charge in [-0.3, -0.25) is 9.59 Å². The Balaban J connectivity index is 1.79. The zero-order valence-corrected chi connectivity index (χ0v) is 13.5. The molecule has 0 aliphatic rings. The van der Waals surface area contributed by atoms with Gasteiger partial charge in [-0.25, -0.2) is 0 Å². The second kappa shape index (κ2) is 8.72. The molecule has 24 heavy (non-hydrogen) atoms. The Bertz CT molecular complexity index is 674. The van der Waals surface area contributed by atoms with Gasteiger partial charge >= 0.3 is 11.9 Å². The van der Waals surface area contributed by atoms with Crippen LogP contribution in [0, 0.1) is 0 Å². The van der Waals surface area contributed by atoms with E-state index < -0.39 is 5.97 Å². The molecule has 0 bridgehead atoms. The van der Waals surface area contributed by atoms with Gasteiger partial charge in [0.25, 0.3) is 0 Å². The molecule has 2 aromatic carbocycles. The van der Waals surface area contributed by atoms with E-state index in [1.165, 1.54) is 0 Å². The highest BCUT2D eigenvalue weighted by molar-refractivity contribution is 5.72. The summed E-state index contributed by atoms with van der Waals surface area (Å²) in [5, 5.41) is 8.65. The summed E-state index contributed by atoms with van der Waals surface area (Å²) in [6.45, 7) is 0. The lowest BCUT2D eigenvalue weighted by Crippen LogP contribution is -2.09. The number of carboxylic acids is 1. The van der Waals surface area contributed by atoms with Crippen molar-refractivity contribution in [1.82, 2.24) is 0 Å². The quantitative estimate of drug-likeness (QED) is 0.595. The smallest absolute Gasteiger partial charge is 0.311 e. The normalized spacial score (nSPS) is 10.2. The number of carboxylic acid groups (broad SMARTS) is 1. The molecule has 0 fully saturated rings. The van der Waals surface area contributed by atoms with Crippen LogP contribution in [-0.2, 0) is 22.4 Å². The number of ether oxygens (including phenoxy) is 2. The number of carbonyl (C=O) groups is 2. The highest BCUT2D eigenvalue weighted by Gasteiger charge is 2.06. The van der Waals surface area contributed by atoms with Gasteiger partial charge in [-0.05, 0) is 48.2 Å². The molecule has 5 heteroatoms. The summed E-state index contributed by atoms with van der Waals surface area (Å²) in [4.78, 5) is 22.4. The Morgan fingerprint density at radius 1 is 0.833 bits per heavy atom. The third-order valence-electron chi connectivity index (χ3n) is 3.56. The highest BCUT2D eigenvalue weighted by atomic mass is 16.5. The largest absolute Gasteiger partial charge is 0.497 e. The van der Waals surface area contributed by atoms with E-state index in [9.17, 15) is 9.59 Å². The fourth-order valence-electron chi connectivity index (χ4n) is 2.20. The molecule has 0 saturated heterocycles. The third kappa shape index (κ3) is 5.76. The van der Waals surface area contributed by atoms with Gasteiger partial charge in [-0.15, -0.1) is 0 Å². The van der Waals surface area contributed by atoms with Crippen LogP contribution in [0.3, 0.4) is 0 Å². The van der Waals surface area contributed by atoms with Gasteiger partial charge < -0.3 is 14.6 Å².